The zero-order chi connectivity index (χ0) is 22.2. The number of hydrazone groups is 1. The maximum Gasteiger partial charge on any atom is 0.280 e. The Morgan fingerprint density at radius 3 is 2.48 bits per heavy atom. The van der Waals surface area contributed by atoms with Crippen LogP contribution < -0.4 is 19.6 Å². The maximum atomic E-state index is 13.0. The van der Waals surface area contributed by atoms with Crippen LogP contribution in [-0.2, 0) is 14.8 Å². The van der Waals surface area contributed by atoms with Crippen molar-refractivity contribution in [3.63, 3.8) is 0 Å². The van der Waals surface area contributed by atoms with Crippen LogP contribution in [0.1, 0.15) is 25.3 Å². The van der Waals surface area contributed by atoms with Crippen LogP contribution in [0.2, 0.25) is 0 Å². The number of primary sulfonamides is 1. The average molecular weight is 442 g/mol. The minimum absolute atomic E-state index is 0.0320. The van der Waals surface area contributed by atoms with E-state index in [1.807, 2.05) is 18.2 Å². The molecule has 0 atom stereocenters. The highest BCUT2D eigenvalue weighted by molar-refractivity contribution is 7.89. The van der Waals surface area contributed by atoms with Gasteiger partial charge in [-0.05, 0) is 73.7 Å². The van der Waals surface area contributed by atoms with Crippen LogP contribution in [0.3, 0.4) is 0 Å². The quantitative estimate of drug-likeness (QED) is 0.664. The Morgan fingerprint density at radius 2 is 1.87 bits per heavy atom. The minimum Gasteiger partial charge on any atom is -0.493 e. The maximum absolute atomic E-state index is 13.0. The number of ether oxygens (including phenoxy) is 2. The van der Waals surface area contributed by atoms with Gasteiger partial charge in [0.15, 0.2) is 11.5 Å². The summed E-state index contributed by atoms with van der Waals surface area (Å²) >= 11 is 0. The third-order valence-electron chi connectivity index (χ3n) is 5.14. The SMILES string of the molecule is COc1cc(/C=C2\C(=O)N(c3ccc(S(N)(=O)=O)cc3)N=C2C)ccc1OCC1CC1. The van der Waals surface area contributed by atoms with Gasteiger partial charge in [-0.3, -0.25) is 4.79 Å². The van der Waals surface area contributed by atoms with E-state index in [4.69, 9.17) is 14.6 Å². The Kier molecular flexibility index (Phi) is 5.55. The first-order valence-electron chi connectivity index (χ1n) is 9.81. The van der Waals surface area contributed by atoms with Gasteiger partial charge in [0.1, 0.15) is 0 Å². The molecule has 0 saturated heterocycles. The Labute approximate surface area is 181 Å². The lowest BCUT2D eigenvalue weighted by Gasteiger charge is -2.12. The number of anilines is 1. The summed E-state index contributed by atoms with van der Waals surface area (Å²) in [5.41, 5.74) is 2.21. The molecule has 2 aromatic carbocycles. The van der Waals surface area contributed by atoms with Gasteiger partial charge < -0.3 is 9.47 Å². The number of sulfonamides is 1. The molecule has 2 N–H and O–H groups in total. The van der Waals surface area contributed by atoms with Crippen molar-refractivity contribution in [3.05, 3.63) is 53.6 Å². The van der Waals surface area contributed by atoms with Gasteiger partial charge in [0.25, 0.3) is 5.91 Å². The predicted molar refractivity (Wildman–Crippen MR) is 118 cm³/mol. The highest BCUT2D eigenvalue weighted by Gasteiger charge is 2.29. The molecule has 162 valence electrons. The molecule has 9 heteroatoms. The van der Waals surface area contributed by atoms with E-state index in [1.165, 1.54) is 42.1 Å². The van der Waals surface area contributed by atoms with E-state index in [0.29, 0.717) is 41.0 Å². The number of nitrogens with zero attached hydrogens (tertiary/aromatic N) is 2. The first-order chi connectivity index (χ1) is 14.8. The number of nitrogens with two attached hydrogens (primary N) is 1. The predicted octanol–water partition coefficient (Wildman–Crippen LogP) is 2.94. The Balaban J connectivity index is 1.56. The molecule has 2 aliphatic rings. The molecule has 2 aromatic rings. The summed E-state index contributed by atoms with van der Waals surface area (Å²) in [4.78, 5) is 12.9. The molecule has 0 spiro atoms. The number of rotatable bonds is 7. The van der Waals surface area contributed by atoms with Crippen LogP contribution in [0.4, 0.5) is 5.69 Å². The lowest BCUT2D eigenvalue weighted by molar-refractivity contribution is -0.114. The van der Waals surface area contributed by atoms with Crippen molar-refractivity contribution in [2.75, 3.05) is 18.7 Å². The van der Waals surface area contributed by atoms with Gasteiger partial charge in [-0.15, -0.1) is 0 Å². The van der Waals surface area contributed by atoms with Crippen molar-refractivity contribution >= 4 is 33.4 Å². The van der Waals surface area contributed by atoms with Gasteiger partial charge >= 0.3 is 0 Å². The Hall–Kier alpha value is -3.17. The molecule has 1 fully saturated rings. The molecule has 1 heterocycles. The fourth-order valence-corrected chi connectivity index (χ4v) is 3.70. The molecule has 1 amide bonds. The fourth-order valence-electron chi connectivity index (χ4n) is 3.19. The molecular formula is C22H23N3O5S. The van der Waals surface area contributed by atoms with Crippen molar-refractivity contribution in [1.29, 1.82) is 0 Å². The Morgan fingerprint density at radius 1 is 1.16 bits per heavy atom. The van der Waals surface area contributed by atoms with Crippen molar-refractivity contribution < 1.29 is 22.7 Å². The fraction of sp³-hybridized carbons (Fsp3) is 0.273. The summed E-state index contributed by atoms with van der Waals surface area (Å²) in [6, 6.07) is 11.2. The number of benzene rings is 2. The molecule has 1 aliphatic heterocycles. The smallest absolute Gasteiger partial charge is 0.280 e. The van der Waals surface area contributed by atoms with Crippen LogP contribution in [0.15, 0.2) is 58.0 Å². The standard InChI is InChI=1S/C22H23N3O5S/c1-14-19(11-16-5-10-20(21(12-16)29-2)30-13-15-3-4-15)22(26)25(24-14)17-6-8-18(9-7-17)31(23,27)28/h5-12,15H,3-4,13H2,1-2H3,(H2,23,27,28)/b19-11-. The summed E-state index contributed by atoms with van der Waals surface area (Å²) in [6.07, 6.45) is 4.15. The molecule has 31 heavy (non-hydrogen) atoms. The van der Waals surface area contributed by atoms with Crippen LogP contribution in [0.25, 0.3) is 6.08 Å². The van der Waals surface area contributed by atoms with Gasteiger partial charge in [-0.1, -0.05) is 6.07 Å². The molecular weight excluding hydrogens is 418 g/mol. The van der Waals surface area contributed by atoms with E-state index in [-0.39, 0.29) is 10.8 Å². The second-order valence-electron chi connectivity index (χ2n) is 7.56. The second kappa shape index (κ2) is 8.16. The normalized spacial score (nSPS) is 17.8. The van der Waals surface area contributed by atoms with Gasteiger partial charge in [0.05, 0.1) is 35.6 Å². The van der Waals surface area contributed by atoms with Crippen LogP contribution in [-0.4, -0.2) is 33.8 Å². The summed E-state index contributed by atoms with van der Waals surface area (Å²) in [5, 5.41) is 10.7. The van der Waals surface area contributed by atoms with E-state index < -0.39 is 10.0 Å². The number of methoxy groups -OCH3 is 1. The van der Waals surface area contributed by atoms with E-state index in [0.717, 1.165) is 5.56 Å². The monoisotopic (exact) mass is 441 g/mol. The molecule has 0 unspecified atom stereocenters. The number of carbonyl (C=O) groups excluding carboxylic acids is 1. The van der Waals surface area contributed by atoms with Crippen molar-refractivity contribution in [2.45, 2.75) is 24.7 Å². The molecule has 0 bridgehead atoms. The van der Waals surface area contributed by atoms with E-state index >= 15 is 0 Å². The van der Waals surface area contributed by atoms with Crippen LogP contribution >= 0.6 is 0 Å². The van der Waals surface area contributed by atoms with Gasteiger partial charge in [-0.2, -0.15) is 10.1 Å². The zero-order valence-electron chi connectivity index (χ0n) is 17.2. The third-order valence-corrected chi connectivity index (χ3v) is 6.07. The van der Waals surface area contributed by atoms with Gasteiger partial charge in [0, 0.05) is 0 Å². The Bertz CT molecular complexity index is 1180. The number of hydrogen-bond acceptors (Lipinski definition) is 6. The summed E-state index contributed by atoms with van der Waals surface area (Å²) in [5.74, 6) is 1.60. The second-order valence-corrected chi connectivity index (χ2v) is 9.13. The summed E-state index contributed by atoms with van der Waals surface area (Å²) in [6.45, 7) is 2.42. The summed E-state index contributed by atoms with van der Waals surface area (Å²) < 4.78 is 34.1. The van der Waals surface area contributed by atoms with Crippen molar-refractivity contribution in [3.8, 4) is 11.5 Å². The largest absolute Gasteiger partial charge is 0.493 e. The molecule has 1 aliphatic carbocycles. The highest BCUT2D eigenvalue weighted by atomic mass is 32.2. The molecule has 0 radical (unpaired) electrons. The van der Waals surface area contributed by atoms with Crippen molar-refractivity contribution in [1.82, 2.24) is 0 Å². The minimum atomic E-state index is -3.81. The molecule has 4 rings (SSSR count). The zero-order valence-corrected chi connectivity index (χ0v) is 18.1. The van der Waals surface area contributed by atoms with Gasteiger partial charge in [0.2, 0.25) is 10.0 Å². The van der Waals surface area contributed by atoms with E-state index in [1.54, 1.807) is 20.1 Å². The first kappa shape index (κ1) is 21.1. The van der Waals surface area contributed by atoms with Crippen molar-refractivity contribution in [2.24, 2.45) is 16.2 Å². The molecule has 0 aromatic heterocycles. The average Bonchev–Trinajstić information content (AvgIpc) is 3.53. The van der Waals surface area contributed by atoms with Crippen LogP contribution in [0, 0.1) is 5.92 Å². The lowest BCUT2D eigenvalue weighted by atomic mass is 10.1. The third kappa shape index (κ3) is 4.62. The molecule has 1 saturated carbocycles. The van der Waals surface area contributed by atoms with E-state index in [9.17, 15) is 13.2 Å². The number of carbonyl (C=O) groups is 1. The van der Waals surface area contributed by atoms with Gasteiger partial charge in [-0.25, -0.2) is 13.6 Å². The van der Waals surface area contributed by atoms with E-state index in [2.05, 4.69) is 5.10 Å². The number of hydrogen-bond donors (Lipinski definition) is 1. The number of amides is 1. The molecule has 8 nitrogen and oxygen atoms in total. The summed E-state index contributed by atoms with van der Waals surface area (Å²) in [7, 11) is -2.23. The van der Waals surface area contributed by atoms with Crippen LogP contribution in [0.5, 0.6) is 11.5 Å². The highest BCUT2D eigenvalue weighted by Crippen LogP contribution is 2.34. The first-order valence-corrected chi connectivity index (χ1v) is 11.4. The topological polar surface area (TPSA) is 111 Å². The lowest BCUT2D eigenvalue weighted by Crippen LogP contribution is -2.21.